The molecule has 1 unspecified atom stereocenters. The van der Waals surface area contributed by atoms with E-state index in [2.05, 4.69) is 25.9 Å². The minimum atomic E-state index is -0.168. The molecule has 5 nitrogen and oxygen atoms in total. The van der Waals surface area contributed by atoms with Crippen LogP contribution in [0.15, 0.2) is 10.7 Å². The lowest BCUT2D eigenvalue weighted by Crippen LogP contribution is -2.37. The normalized spacial score (nSPS) is 13.8. The van der Waals surface area contributed by atoms with E-state index >= 15 is 0 Å². The summed E-state index contributed by atoms with van der Waals surface area (Å²) in [5.41, 5.74) is 6.64. The zero-order valence-corrected chi connectivity index (χ0v) is 14.6. The SMILES string of the molecule is CN(C)CCn1ncc(Br)c1C(=O)CC(N)C(C)(C)C. The van der Waals surface area contributed by atoms with Crippen LogP contribution in [0.4, 0.5) is 0 Å². The van der Waals surface area contributed by atoms with Crippen molar-refractivity contribution in [3.05, 3.63) is 16.4 Å². The number of carbonyl (C=O) groups is 1. The van der Waals surface area contributed by atoms with Crippen molar-refractivity contribution in [2.24, 2.45) is 11.1 Å². The molecule has 0 radical (unpaired) electrons. The average molecular weight is 345 g/mol. The first-order chi connectivity index (χ1) is 9.12. The highest BCUT2D eigenvalue weighted by Crippen LogP contribution is 2.24. The molecule has 0 saturated heterocycles. The van der Waals surface area contributed by atoms with E-state index in [-0.39, 0.29) is 17.2 Å². The molecular weight excluding hydrogens is 320 g/mol. The Balaban J connectivity index is 2.84. The molecule has 0 amide bonds. The smallest absolute Gasteiger partial charge is 0.183 e. The van der Waals surface area contributed by atoms with Gasteiger partial charge in [0.25, 0.3) is 0 Å². The third kappa shape index (κ3) is 4.68. The van der Waals surface area contributed by atoms with Crippen molar-refractivity contribution >= 4 is 21.7 Å². The third-order valence-corrected chi connectivity index (χ3v) is 3.92. The van der Waals surface area contributed by atoms with Gasteiger partial charge in [-0.1, -0.05) is 20.8 Å². The molecular formula is C14H25BrN4O. The second kappa shape index (κ2) is 6.83. The Morgan fingerprint density at radius 1 is 1.50 bits per heavy atom. The van der Waals surface area contributed by atoms with Gasteiger partial charge in [0, 0.05) is 19.0 Å². The van der Waals surface area contributed by atoms with Gasteiger partial charge in [0.05, 0.1) is 17.2 Å². The molecule has 6 heteroatoms. The Kier molecular flexibility index (Phi) is 5.91. The fourth-order valence-electron chi connectivity index (χ4n) is 1.71. The Bertz CT molecular complexity index is 462. The van der Waals surface area contributed by atoms with Crippen molar-refractivity contribution in [2.45, 2.75) is 39.8 Å². The van der Waals surface area contributed by atoms with Crippen molar-refractivity contribution in [1.29, 1.82) is 0 Å². The largest absolute Gasteiger partial charge is 0.327 e. The molecule has 2 N–H and O–H groups in total. The summed E-state index contributed by atoms with van der Waals surface area (Å²) in [6.07, 6.45) is 2.00. The summed E-state index contributed by atoms with van der Waals surface area (Å²) in [6, 6.07) is -0.168. The second-order valence-electron chi connectivity index (χ2n) is 6.47. The van der Waals surface area contributed by atoms with Crippen LogP contribution in [-0.4, -0.2) is 47.1 Å². The molecule has 20 heavy (non-hydrogen) atoms. The lowest BCUT2D eigenvalue weighted by atomic mass is 9.84. The van der Waals surface area contributed by atoms with Crippen LogP contribution in [0.1, 0.15) is 37.7 Å². The number of carbonyl (C=O) groups excluding carboxylic acids is 1. The van der Waals surface area contributed by atoms with Gasteiger partial charge in [0.2, 0.25) is 0 Å². The fourth-order valence-corrected chi connectivity index (χ4v) is 2.22. The van der Waals surface area contributed by atoms with Gasteiger partial charge in [-0.25, -0.2) is 0 Å². The second-order valence-corrected chi connectivity index (χ2v) is 7.32. The summed E-state index contributed by atoms with van der Waals surface area (Å²) in [7, 11) is 3.99. The van der Waals surface area contributed by atoms with E-state index < -0.39 is 0 Å². The number of aromatic nitrogens is 2. The van der Waals surface area contributed by atoms with E-state index in [0.717, 1.165) is 11.0 Å². The number of nitrogens with two attached hydrogens (primary N) is 1. The third-order valence-electron chi connectivity index (χ3n) is 3.34. The van der Waals surface area contributed by atoms with Crippen molar-refractivity contribution in [3.8, 4) is 0 Å². The number of halogens is 1. The molecule has 0 aromatic carbocycles. The first-order valence-electron chi connectivity index (χ1n) is 6.77. The summed E-state index contributed by atoms with van der Waals surface area (Å²) in [6.45, 7) is 7.65. The molecule has 0 saturated carbocycles. The van der Waals surface area contributed by atoms with Crippen LogP contribution in [0.2, 0.25) is 0 Å². The monoisotopic (exact) mass is 344 g/mol. The first kappa shape index (κ1) is 17.3. The summed E-state index contributed by atoms with van der Waals surface area (Å²) in [4.78, 5) is 14.5. The molecule has 0 fully saturated rings. The molecule has 114 valence electrons. The summed E-state index contributed by atoms with van der Waals surface area (Å²) in [5.74, 6) is 0.0376. The Labute approximate surface area is 129 Å². The molecule has 1 atom stereocenters. The summed E-state index contributed by atoms with van der Waals surface area (Å²) in [5, 5.41) is 4.26. The van der Waals surface area contributed by atoms with Crippen molar-refractivity contribution in [2.75, 3.05) is 20.6 Å². The number of hydrogen-bond donors (Lipinski definition) is 1. The molecule has 1 aromatic heterocycles. The quantitative estimate of drug-likeness (QED) is 0.803. The maximum Gasteiger partial charge on any atom is 0.183 e. The van der Waals surface area contributed by atoms with E-state index in [4.69, 9.17) is 5.73 Å². The van der Waals surface area contributed by atoms with Crippen LogP contribution in [0, 0.1) is 5.41 Å². The number of hydrogen-bond acceptors (Lipinski definition) is 4. The highest BCUT2D eigenvalue weighted by atomic mass is 79.9. The van der Waals surface area contributed by atoms with Gasteiger partial charge in [-0.3, -0.25) is 9.48 Å². The topological polar surface area (TPSA) is 64.2 Å². The van der Waals surface area contributed by atoms with Crippen LogP contribution < -0.4 is 5.73 Å². The molecule has 0 aliphatic heterocycles. The maximum absolute atomic E-state index is 12.5. The Morgan fingerprint density at radius 2 is 2.10 bits per heavy atom. The van der Waals surface area contributed by atoms with Crippen molar-refractivity contribution < 1.29 is 4.79 Å². The maximum atomic E-state index is 12.5. The lowest BCUT2D eigenvalue weighted by molar-refractivity contribution is 0.0941. The summed E-state index contributed by atoms with van der Waals surface area (Å²) < 4.78 is 2.49. The average Bonchev–Trinajstić information content (AvgIpc) is 2.66. The fraction of sp³-hybridized carbons (Fsp3) is 0.714. The van der Waals surface area contributed by atoms with Gasteiger partial charge in [-0.2, -0.15) is 5.10 Å². The van der Waals surface area contributed by atoms with Gasteiger partial charge in [-0.15, -0.1) is 0 Å². The molecule has 0 aliphatic carbocycles. The molecule has 0 aliphatic rings. The highest BCUT2D eigenvalue weighted by molar-refractivity contribution is 9.10. The Hall–Kier alpha value is -0.720. The highest BCUT2D eigenvalue weighted by Gasteiger charge is 2.26. The van der Waals surface area contributed by atoms with E-state index in [1.165, 1.54) is 0 Å². The number of likely N-dealkylation sites (N-methyl/N-ethyl adjacent to an activating group) is 1. The van der Waals surface area contributed by atoms with Crippen LogP contribution in [0.3, 0.4) is 0 Å². The minimum Gasteiger partial charge on any atom is -0.327 e. The van der Waals surface area contributed by atoms with Crippen molar-refractivity contribution in [3.63, 3.8) is 0 Å². The van der Waals surface area contributed by atoms with Crippen LogP contribution in [-0.2, 0) is 6.54 Å². The van der Waals surface area contributed by atoms with Crippen molar-refractivity contribution in [1.82, 2.24) is 14.7 Å². The van der Waals surface area contributed by atoms with Gasteiger partial charge in [0.15, 0.2) is 5.78 Å². The number of rotatable bonds is 6. The molecule has 1 aromatic rings. The van der Waals surface area contributed by atoms with E-state index in [0.29, 0.717) is 18.7 Å². The zero-order valence-electron chi connectivity index (χ0n) is 13.0. The molecule has 0 spiro atoms. The van der Waals surface area contributed by atoms with Gasteiger partial charge >= 0.3 is 0 Å². The first-order valence-corrected chi connectivity index (χ1v) is 7.57. The van der Waals surface area contributed by atoms with Gasteiger partial charge in [0.1, 0.15) is 5.69 Å². The van der Waals surface area contributed by atoms with E-state index in [1.54, 1.807) is 10.9 Å². The minimum absolute atomic E-state index is 0.0376. The van der Waals surface area contributed by atoms with Gasteiger partial charge in [-0.05, 0) is 35.4 Å². The zero-order chi connectivity index (χ0) is 15.5. The summed E-state index contributed by atoms with van der Waals surface area (Å²) >= 11 is 3.41. The van der Waals surface area contributed by atoms with Crippen LogP contribution in [0.25, 0.3) is 0 Å². The predicted octanol–water partition coefficient (Wildman–Crippen LogP) is 2.15. The molecule has 0 bridgehead atoms. The van der Waals surface area contributed by atoms with Crippen LogP contribution in [0.5, 0.6) is 0 Å². The lowest BCUT2D eigenvalue weighted by Gasteiger charge is -2.26. The number of nitrogens with zero attached hydrogens (tertiary/aromatic N) is 3. The number of ketones is 1. The predicted molar refractivity (Wildman–Crippen MR) is 84.9 cm³/mol. The van der Waals surface area contributed by atoms with E-state index in [9.17, 15) is 4.79 Å². The van der Waals surface area contributed by atoms with E-state index in [1.807, 2.05) is 34.9 Å². The Morgan fingerprint density at radius 3 is 2.60 bits per heavy atom. The standard InChI is InChI=1S/C14H25BrN4O/c1-14(2,3)12(16)8-11(20)13-10(15)9-17-19(13)7-6-18(4)5/h9,12H,6-8,16H2,1-5H3. The molecule has 1 rings (SSSR count). The number of Topliss-reactive ketones (excluding diaryl/α,β-unsaturated/α-hetero) is 1. The van der Waals surface area contributed by atoms with Gasteiger partial charge < -0.3 is 10.6 Å². The van der Waals surface area contributed by atoms with Crippen LogP contribution >= 0.6 is 15.9 Å². The molecule has 1 heterocycles.